The Morgan fingerprint density at radius 3 is 2.68 bits per heavy atom. The molecule has 19 heavy (non-hydrogen) atoms. The van der Waals surface area contributed by atoms with E-state index in [1.807, 2.05) is 31.6 Å². The van der Waals surface area contributed by atoms with Gasteiger partial charge in [-0.05, 0) is 18.6 Å². The number of hydrogen-bond donors (Lipinski definition) is 1. The first kappa shape index (κ1) is 13.6. The SMILES string of the molecule is COCCNCc1cnc(-c2ccncc2C)nc1. The van der Waals surface area contributed by atoms with Crippen molar-refractivity contribution in [1.29, 1.82) is 0 Å². The number of aromatic nitrogens is 3. The molecular formula is C14H18N4O. The second kappa shape index (κ2) is 6.92. The molecule has 5 heteroatoms. The number of aryl methyl sites for hydroxylation is 1. The van der Waals surface area contributed by atoms with Crippen LogP contribution in [-0.4, -0.2) is 35.2 Å². The Hall–Kier alpha value is -1.85. The molecule has 2 heterocycles. The molecule has 0 aliphatic rings. The molecule has 1 N–H and O–H groups in total. The Morgan fingerprint density at radius 2 is 2.00 bits per heavy atom. The molecular weight excluding hydrogens is 240 g/mol. The fourth-order valence-electron chi connectivity index (χ4n) is 1.72. The zero-order chi connectivity index (χ0) is 13.5. The highest BCUT2D eigenvalue weighted by Gasteiger charge is 2.04. The van der Waals surface area contributed by atoms with E-state index in [9.17, 15) is 0 Å². The first-order valence-corrected chi connectivity index (χ1v) is 6.23. The van der Waals surface area contributed by atoms with Gasteiger partial charge < -0.3 is 10.1 Å². The molecule has 2 aromatic heterocycles. The van der Waals surface area contributed by atoms with Gasteiger partial charge in [-0.25, -0.2) is 9.97 Å². The van der Waals surface area contributed by atoms with Crippen molar-refractivity contribution in [2.24, 2.45) is 0 Å². The van der Waals surface area contributed by atoms with Crippen LogP contribution in [0.15, 0.2) is 30.9 Å². The van der Waals surface area contributed by atoms with Crippen LogP contribution in [0.1, 0.15) is 11.1 Å². The van der Waals surface area contributed by atoms with Crippen LogP contribution in [0.4, 0.5) is 0 Å². The summed E-state index contributed by atoms with van der Waals surface area (Å²) in [4.78, 5) is 12.9. The second-order valence-corrected chi connectivity index (χ2v) is 4.28. The lowest BCUT2D eigenvalue weighted by molar-refractivity contribution is 0.199. The summed E-state index contributed by atoms with van der Waals surface area (Å²) in [5, 5.41) is 3.26. The van der Waals surface area contributed by atoms with Gasteiger partial charge in [0.1, 0.15) is 0 Å². The molecule has 100 valence electrons. The third kappa shape index (κ3) is 3.81. The van der Waals surface area contributed by atoms with Crippen LogP contribution in [0.2, 0.25) is 0 Å². The maximum absolute atomic E-state index is 4.97. The number of nitrogens with zero attached hydrogens (tertiary/aromatic N) is 3. The minimum absolute atomic E-state index is 0.704. The molecule has 0 saturated carbocycles. The molecule has 0 amide bonds. The molecule has 0 atom stereocenters. The third-order valence-corrected chi connectivity index (χ3v) is 2.78. The largest absolute Gasteiger partial charge is 0.383 e. The van der Waals surface area contributed by atoms with Crippen molar-refractivity contribution in [3.8, 4) is 11.4 Å². The molecule has 0 fully saturated rings. The summed E-state index contributed by atoms with van der Waals surface area (Å²) < 4.78 is 4.97. The lowest BCUT2D eigenvalue weighted by Crippen LogP contribution is -2.18. The number of rotatable bonds is 6. The normalized spacial score (nSPS) is 10.6. The van der Waals surface area contributed by atoms with Gasteiger partial charge in [0.2, 0.25) is 0 Å². The van der Waals surface area contributed by atoms with Crippen LogP contribution < -0.4 is 5.32 Å². The maximum Gasteiger partial charge on any atom is 0.159 e. The van der Waals surface area contributed by atoms with Crippen molar-refractivity contribution in [1.82, 2.24) is 20.3 Å². The van der Waals surface area contributed by atoms with Crippen molar-refractivity contribution >= 4 is 0 Å². The van der Waals surface area contributed by atoms with E-state index < -0.39 is 0 Å². The van der Waals surface area contributed by atoms with Gasteiger partial charge in [-0.1, -0.05) is 0 Å². The van der Waals surface area contributed by atoms with E-state index in [1.54, 1.807) is 13.3 Å². The fraction of sp³-hybridized carbons (Fsp3) is 0.357. The van der Waals surface area contributed by atoms with Crippen LogP contribution in [0.25, 0.3) is 11.4 Å². The summed E-state index contributed by atoms with van der Waals surface area (Å²) in [5.41, 5.74) is 3.16. The van der Waals surface area contributed by atoms with Gasteiger partial charge in [0.05, 0.1) is 6.61 Å². The highest BCUT2D eigenvalue weighted by molar-refractivity contribution is 5.58. The molecule has 0 bridgehead atoms. The molecule has 0 aliphatic carbocycles. The monoisotopic (exact) mass is 258 g/mol. The summed E-state index contributed by atoms with van der Waals surface area (Å²) in [6, 6.07) is 1.93. The summed E-state index contributed by atoms with van der Waals surface area (Å²) in [7, 11) is 1.69. The number of pyridine rings is 1. The van der Waals surface area contributed by atoms with Gasteiger partial charge in [-0.3, -0.25) is 4.98 Å². The van der Waals surface area contributed by atoms with Crippen LogP contribution in [0, 0.1) is 6.92 Å². The molecule has 5 nitrogen and oxygen atoms in total. The molecule has 2 rings (SSSR count). The van der Waals surface area contributed by atoms with E-state index in [1.165, 1.54) is 0 Å². The van der Waals surface area contributed by atoms with Gasteiger partial charge in [0.25, 0.3) is 0 Å². The molecule has 2 aromatic rings. The van der Waals surface area contributed by atoms with Gasteiger partial charge in [0.15, 0.2) is 5.82 Å². The zero-order valence-electron chi connectivity index (χ0n) is 11.3. The quantitative estimate of drug-likeness (QED) is 0.797. The molecule has 0 saturated heterocycles. The molecule has 0 radical (unpaired) electrons. The number of hydrogen-bond acceptors (Lipinski definition) is 5. The summed E-state index contributed by atoms with van der Waals surface area (Å²) in [6.07, 6.45) is 7.27. The first-order valence-electron chi connectivity index (χ1n) is 6.23. The minimum atomic E-state index is 0.704. The summed E-state index contributed by atoms with van der Waals surface area (Å²) in [5.74, 6) is 0.737. The van der Waals surface area contributed by atoms with E-state index in [-0.39, 0.29) is 0 Å². The lowest BCUT2D eigenvalue weighted by atomic mass is 10.1. The van der Waals surface area contributed by atoms with E-state index >= 15 is 0 Å². The average molecular weight is 258 g/mol. The number of methoxy groups -OCH3 is 1. The molecule has 0 aliphatic heterocycles. The van der Waals surface area contributed by atoms with Gasteiger partial charge in [-0.15, -0.1) is 0 Å². The number of nitrogens with one attached hydrogen (secondary N) is 1. The van der Waals surface area contributed by atoms with Crippen molar-refractivity contribution in [2.75, 3.05) is 20.3 Å². The Labute approximate surface area is 113 Å². The fourth-order valence-corrected chi connectivity index (χ4v) is 1.72. The highest BCUT2D eigenvalue weighted by atomic mass is 16.5. The standard InChI is InChI=1S/C14H18N4O/c1-11-7-15-4-3-13(11)14-17-9-12(10-18-14)8-16-5-6-19-2/h3-4,7,9-10,16H,5-6,8H2,1-2H3. The number of ether oxygens (including phenoxy) is 1. The second-order valence-electron chi connectivity index (χ2n) is 4.28. The Bertz CT molecular complexity index is 513. The van der Waals surface area contributed by atoms with Crippen LogP contribution in [0.3, 0.4) is 0 Å². The van der Waals surface area contributed by atoms with Crippen molar-refractivity contribution in [3.63, 3.8) is 0 Å². The zero-order valence-corrected chi connectivity index (χ0v) is 11.3. The van der Waals surface area contributed by atoms with Crippen molar-refractivity contribution in [3.05, 3.63) is 42.0 Å². The smallest absolute Gasteiger partial charge is 0.159 e. The van der Waals surface area contributed by atoms with Crippen LogP contribution >= 0.6 is 0 Å². The van der Waals surface area contributed by atoms with Gasteiger partial charge >= 0.3 is 0 Å². The minimum Gasteiger partial charge on any atom is -0.383 e. The van der Waals surface area contributed by atoms with E-state index in [0.29, 0.717) is 6.61 Å². The first-order chi connectivity index (χ1) is 9.31. The van der Waals surface area contributed by atoms with Gasteiger partial charge in [0, 0.05) is 56.1 Å². The lowest BCUT2D eigenvalue weighted by Gasteiger charge is -2.06. The Kier molecular flexibility index (Phi) is 4.94. The average Bonchev–Trinajstić information content (AvgIpc) is 2.45. The van der Waals surface area contributed by atoms with E-state index in [2.05, 4.69) is 20.3 Å². The third-order valence-electron chi connectivity index (χ3n) is 2.78. The Morgan fingerprint density at radius 1 is 1.21 bits per heavy atom. The maximum atomic E-state index is 4.97. The summed E-state index contributed by atoms with van der Waals surface area (Å²) >= 11 is 0. The van der Waals surface area contributed by atoms with Gasteiger partial charge in [-0.2, -0.15) is 0 Å². The Balaban J connectivity index is 2.01. The molecule has 0 unspecified atom stereocenters. The highest BCUT2D eigenvalue weighted by Crippen LogP contribution is 2.17. The predicted molar refractivity (Wildman–Crippen MR) is 73.6 cm³/mol. The van der Waals surface area contributed by atoms with Crippen molar-refractivity contribution in [2.45, 2.75) is 13.5 Å². The predicted octanol–water partition coefficient (Wildman–Crippen LogP) is 1.58. The van der Waals surface area contributed by atoms with Crippen molar-refractivity contribution < 1.29 is 4.74 Å². The van der Waals surface area contributed by atoms with E-state index in [0.717, 1.165) is 35.6 Å². The van der Waals surface area contributed by atoms with Crippen LogP contribution in [0.5, 0.6) is 0 Å². The van der Waals surface area contributed by atoms with E-state index in [4.69, 9.17) is 4.74 Å². The molecule has 0 spiro atoms. The molecule has 0 aromatic carbocycles. The summed E-state index contributed by atoms with van der Waals surface area (Å²) in [6.45, 7) is 4.28. The van der Waals surface area contributed by atoms with Crippen LogP contribution in [-0.2, 0) is 11.3 Å². The topological polar surface area (TPSA) is 59.9 Å².